The van der Waals surface area contributed by atoms with Crippen molar-refractivity contribution in [3.8, 4) is 0 Å². The molecule has 1 spiro atoms. The standard InChI is InChI=1S/C11H12O6S/c1-3-6(12)15-7-8-10(2)4-5-11(8,17-10)9(7)16-18(5,13)14/h3,5,7-9H,1,4H2,2H3. The predicted octanol–water partition coefficient (Wildman–Crippen LogP) is -0.257. The number of esters is 1. The van der Waals surface area contributed by atoms with Crippen molar-refractivity contribution in [1.29, 1.82) is 0 Å². The highest BCUT2D eigenvalue weighted by atomic mass is 32.2. The molecule has 3 heterocycles. The Morgan fingerprint density at radius 1 is 1.56 bits per heavy atom. The Labute approximate surface area is 104 Å². The third-order valence-corrected chi connectivity index (χ3v) is 6.43. The van der Waals surface area contributed by atoms with Crippen molar-refractivity contribution in [1.82, 2.24) is 0 Å². The van der Waals surface area contributed by atoms with Gasteiger partial charge in [-0.15, -0.1) is 0 Å². The molecule has 2 aliphatic carbocycles. The van der Waals surface area contributed by atoms with E-state index >= 15 is 0 Å². The molecule has 5 aliphatic rings. The Bertz CT molecular complexity index is 582. The van der Waals surface area contributed by atoms with E-state index in [2.05, 4.69) is 6.58 Å². The van der Waals surface area contributed by atoms with Crippen molar-refractivity contribution in [3.05, 3.63) is 12.7 Å². The van der Waals surface area contributed by atoms with E-state index in [9.17, 15) is 13.2 Å². The van der Waals surface area contributed by atoms with E-state index < -0.39 is 44.7 Å². The number of ether oxygens (including phenoxy) is 2. The van der Waals surface area contributed by atoms with Crippen LogP contribution in [0.3, 0.4) is 0 Å². The lowest BCUT2D eigenvalue weighted by Crippen LogP contribution is -2.82. The van der Waals surface area contributed by atoms with Crippen molar-refractivity contribution < 1.29 is 26.9 Å². The topological polar surface area (TPSA) is 78.9 Å². The number of carbonyl (C=O) groups is 1. The summed E-state index contributed by atoms with van der Waals surface area (Å²) >= 11 is 0. The molecular formula is C11H12O6S. The lowest BCUT2D eigenvalue weighted by molar-refractivity contribution is -0.387. The van der Waals surface area contributed by atoms with Crippen LogP contribution in [0.25, 0.3) is 0 Å². The van der Waals surface area contributed by atoms with Crippen LogP contribution in [0.1, 0.15) is 13.3 Å². The summed E-state index contributed by atoms with van der Waals surface area (Å²) < 4.78 is 39.8. The maximum Gasteiger partial charge on any atom is 0.330 e. The molecule has 6 atom stereocenters. The van der Waals surface area contributed by atoms with Crippen LogP contribution in [-0.4, -0.2) is 43.0 Å². The van der Waals surface area contributed by atoms with Gasteiger partial charge in [-0.05, 0) is 13.3 Å². The number of rotatable bonds is 2. The zero-order valence-electron chi connectivity index (χ0n) is 9.66. The molecule has 0 amide bonds. The van der Waals surface area contributed by atoms with Crippen molar-refractivity contribution in [2.45, 2.75) is 42.0 Å². The van der Waals surface area contributed by atoms with Gasteiger partial charge in [0.15, 0.2) is 0 Å². The average molecular weight is 272 g/mol. The van der Waals surface area contributed by atoms with Crippen LogP contribution in [0.2, 0.25) is 0 Å². The highest BCUT2D eigenvalue weighted by Crippen LogP contribution is 2.75. The Morgan fingerprint density at radius 3 is 2.94 bits per heavy atom. The molecule has 5 rings (SSSR count). The molecule has 3 saturated heterocycles. The highest BCUT2D eigenvalue weighted by Gasteiger charge is 2.93. The maximum absolute atomic E-state index is 11.9. The molecule has 6 nitrogen and oxygen atoms in total. The van der Waals surface area contributed by atoms with E-state index in [1.807, 2.05) is 6.92 Å². The van der Waals surface area contributed by atoms with Crippen LogP contribution in [0.4, 0.5) is 0 Å². The quantitative estimate of drug-likeness (QED) is 0.391. The van der Waals surface area contributed by atoms with Crippen LogP contribution in [0.15, 0.2) is 12.7 Å². The summed E-state index contributed by atoms with van der Waals surface area (Å²) in [5.74, 6) is -0.643. The Morgan fingerprint density at radius 2 is 2.28 bits per heavy atom. The molecular weight excluding hydrogens is 260 g/mol. The minimum atomic E-state index is -3.60. The van der Waals surface area contributed by atoms with E-state index in [1.165, 1.54) is 0 Å². The highest BCUT2D eigenvalue weighted by molar-refractivity contribution is 7.87. The minimum absolute atomic E-state index is 0.0822. The number of hydrogen-bond donors (Lipinski definition) is 0. The second-order valence-corrected chi connectivity index (χ2v) is 7.30. The first-order valence-corrected chi connectivity index (χ1v) is 7.28. The van der Waals surface area contributed by atoms with Crippen molar-refractivity contribution in [3.63, 3.8) is 0 Å². The Hall–Kier alpha value is -0.920. The summed E-state index contributed by atoms with van der Waals surface area (Å²) in [5, 5.41) is -0.608. The molecule has 7 heteroatoms. The van der Waals surface area contributed by atoms with Gasteiger partial charge in [0.1, 0.15) is 23.1 Å². The van der Waals surface area contributed by atoms with Gasteiger partial charge in [-0.25, -0.2) is 4.79 Å². The zero-order valence-corrected chi connectivity index (χ0v) is 10.5. The molecule has 98 valence electrons. The molecule has 0 aromatic rings. The third-order valence-electron chi connectivity index (χ3n) is 4.72. The summed E-state index contributed by atoms with van der Waals surface area (Å²) in [6.45, 7) is 5.19. The fourth-order valence-corrected chi connectivity index (χ4v) is 6.23. The maximum atomic E-state index is 11.9. The average Bonchev–Trinajstić information content (AvgIpc) is 2.78. The second-order valence-electron chi connectivity index (χ2n) is 5.55. The molecule has 0 radical (unpaired) electrons. The summed E-state index contributed by atoms with van der Waals surface area (Å²) in [5.41, 5.74) is -1.27. The predicted molar refractivity (Wildman–Crippen MR) is 58.0 cm³/mol. The van der Waals surface area contributed by atoms with Crippen LogP contribution < -0.4 is 0 Å². The minimum Gasteiger partial charge on any atom is -0.456 e. The molecule has 0 N–H and O–H groups in total. The van der Waals surface area contributed by atoms with Gasteiger partial charge >= 0.3 is 5.97 Å². The molecule has 3 aliphatic heterocycles. The van der Waals surface area contributed by atoms with E-state index in [1.54, 1.807) is 0 Å². The fourth-order valence-electron chi connectivity index (χ4n) is 4.23. The van der Waals surface area contributed by atoms with Gasteiger partial charge in [0.2, 0.25) is 0 Å². The van der Waals surface area contributed by atoms with Crippen LogP contribution in [0.5, 0.6) is 0 Å². The molecule has 2 saturated carbocycles. The van der Waals surface area contributed by atoms with Crippen LogP contribution in [0, 0.1) is 5.92 Å². The second kappa shape index (κ2) is 2.66. The largest absolute Gasteiger partial charge is 0.456 e. The van der Waals surface area contributed by atoms with Crippen molar-refractivity contribution in [2.24, 2.45) is 5.92 Å². The SMILES string of the molecule is C=CC(=O)OC1C2OS(=O)(=O)C3CC4(C)OC23C14. The number of hydrogen-bond acceptors (Lipinski definition) is 6. The normalized spacial score (nSPS) is 57.2. The number of carbonyl (C=O) groups excluding carboxylic acids is 1. The smallest absolute Gasteiger partial charge is 0.330 e. The molecule has 6 unspecified atom stereocenters. The molecule has 0 aromatic carbocycles. The lowest BCUT2D eigenvalue weighted by Gasteiger charge is -2.65. The van der Waals surface area contributed by atoms with Gasteiger partial charge in [0.25, 0.3) is 10.1 Å². The summed E-state index contributed by atoms with van der Waals surface area (Å²) in [6.07, 6.45) is 0.252. The van der Waals surface area contributed by atoms with Gasteiger partial charge in [-0.1, -0.05) is 6.58 Å². The first-order valence-electron chi connectivity index (χ1n) is 5.80. The van der Waals surface area contributed by atoms with Gasteiger partial charge < -0.3 is 9.47 Å². The molecule has 0 aromatic heterocycles. The van der Waals surface area contributed by atoms with Gasteiger partial charge in [-0.3, -0.25) is 4.18 Å². The van der Waals surface area contributed by atoms with Gasteiger partial charge in [0, 0.05) is 6.08 Å². The third kappa shape index (κ3) is 0.856. The summed E-state index contributed by atoms with van der Waals surface area (Å²) in [7, 11) is -3.60. The summed E-state index contributed by atoms with van der Waals surface area (Å²) in [6, 6.07) is 0. The van der Waals surface area contributed by atoms with E-state index in [0.29, 0.717) is 6.42 Å². The first kappa shape index (κ1) is 11.0. The van der Waals surface area contributed by atoms with Crippen molar-refractivity contribution >= 4 is 16.1 Å². The Balaban J connectivity index is 1.73. The van der Waals surface area contributed by atoms with Crippen LogP contribution in [-0.2, 0) is 28.6 Å². The van der Waals surface area contributed by atoms with Crippen LogP contribution >= 0.6 is 0 Å². The Kier molecular flexibility index (Phi) is 1.62. The zero-order chi connectivity index (χ0) is 12.9. The van der Waals surface area contributed by atoms with E-state index in [0.717, 1.165) is 6.08 Å². The lowest BCUT2D eigenvalue weighted by atomic mass is 9.57. The van der Waals surface area contributed by atoms with Gasteiger partial charge in [-0.2, -0.15) is 8.42 Å². The van der Waals surface area contributed by atoms with E-state index in [-0.39, 0.29) is 5.92 Å². The first-order chi connectivity index (χ1) is 8.35. The monoisotopic (exact) mass is 272 g/mol. The van der Waals surface area contributed by atoms with E-state index in [4.69, 9.17) is 13.7 Å². The van der Waals surface area contributed by atoms with Gasteiger partial charge in [0.05, 0.1) is 11.5 Å². The fraction of sp³-hybridized carbons (Fsp3) is 0.727. The molecule has 5 fully saturated rings. The summed E-state index contributed by atoms with van der Waals surface area (Å²) in [4.78, 5) is 11.3. The molecule has 2 bridgehead atoms. The molecule has 18 heavy (non-hydrogen) atoms. The van der Waals surface area contributed by atoms with Crippen molar-refractivity contribution in [2.75, 3.05) is 0 Å².